The second kappa shape index (κ2) is 9.34. The molecule has 6 nitrogen and oxygen atoms in total. The van der Waals surface area contributed by atoms with E-state index in [1.165, 1.54) is 11.8 Å². The molecule has 3 aromatic carbocycles. The molecule has 7 heteroatoms. The van der Waals surface area contributed by atoms with Crippen LogP contribution < -0.4 is 5.32 Å². The predicted octanol–water partition coefficient (Wildman–Crippen LogP) is 5.60. The van der Waals surface area contributed by atoms with Crippen LogP contribution in [0.4, 0.5) is 0 Å². The maximum absolute atomic E-state index is 13.1. The summed E-state index contributed by atoms with van der Waals surface area (Å²) in [5.41, 5.74) is 3.89. The van der Waals surface area contributed by atoms with Crippen molar-refractivity contribution in [3.05, 3.63) is 102 Å². The van der Waals surface area contributed by atoms with Crippen molar-refractivity contribution in [1.82, 2.24) is 20.5 Å². The first-order valence-electron chi connectivity index (χ1n) is 10.7. The van der Waals surface area contributed by atoms with Gasteiger partial charge in [0.25, 0.3) is 11.1 Å². The molecule has 164 valence electrons. The van der Waals surface area contributed by atoms with Crippen molar-refractivity contribution in [3.63, 3.8) is 0 Å². The first-order chi connectivity index (χ1) is 16.2. The van der Waals surface area contributed by atoms with E-state index in [0.717, 1.165) is 27.6 Å². The Bertz CT molecular complexity index is 1330. The average Bonchev–Trinajstić information content (AvgIpc) is 3.50. The van der Waals surface area contributed by atoms with Crippen LogP contribution in [0.5, 0.6) is 0 Å². The zero-order valence-electron chi connectivity index (χ0n) is 17.9. The predicted molar refractivity (Wildman–Crippen MR) is 130 cm³/mol. The maximum Gasteiger partial charge on any atom is 0.277 e. The summed E-state index contributed by atoms with van der Waals surface area (Å²) in [5, 5.41) is 12.5. The fraction of sp³-hybridized carbons (Fsp3) is 0.115. The van der Waals surface area contributed by atoms with Crippen LogP contribution in [0.25, 0.3) is 22.4 Å². The number of nitrogens with zero attached hydrogens (tertiary/aromatic N) is 2. The van der Waals surface area contributed by atoms with Gasteiger partial charge in [0.15, 0.2) is 0 Å². The van der Waals surface area contributed by atoms with Gasteiger partial charge in [-0.3, -0.25) is 4.79 Å². The van der Waals surface area contributed by atoms with Crippen molar-refractivity contribution in [3.8, 4) is 11.5 Å². The van der Waals surface area contributed by atoms with Crippen LogP contribution in [0, 0.1) is 0 Å². The number of nitrogens with one attached hydrogen (secondary N) is 2. The van der Waals surface area contributed by atoms with E-state index >= 15 is 0 Å². The van der Waals surface area contributed by atoms with Gasteiger partial charge in [0.1, 0.15) is 0 Å². The molecule has 5 aromatic rings. The van der Waals surface area contributed by atoms with Crippen molar-refractivity contribution < 1.29 is 9.21 Å². The van der Waals surface area contributed by atoms with E-state index in [1.807, 2.05) is 98.0 Å². The van der Waals surface area contributed by atoms with Crippen LogP contribution in [-0.4, -0.2) is 26.3 Å². The van der Waals surface area contributed by atoms with Crippen LogP contribution >= 0.6 is 11.8 Å². The number of aromatic nitrogens is 3. The summed E-state index contributed by atoms with van der Waals surface area (Å²) in [5.74, 6) is 0.318. The molecule has 1 atom stereocenters. The minimum atomic E-state index is -0.420. The van der Waals surface area contributed by atoms with Gasteiger partial charge in [-0.1, -0.05) is 90.6 Å². The summed E-state index contributed by atoms with van der Waals surface area (Å²) < 4.78 is 5.87. The van der Waals surface area contributed by atoms with Crippen molar-refractivity contribution in [1.29, 1.82) is 0 Å². The topological polar surface area (TPSA) is 83.8 Å². The summed E-state index contributed by atoms with van der Waals surface area (Å²) in [7, 11) is 0. The third kappa shape index (κ3) is 4.54. The minimum absolute atomic E-state index is 0.107. The third-order valence-corrected chi connectivity index (χ3v) is 6.36. The van der Waals surface area contributed by atoms with Gasteiger partial charge in [0, 0.05) is 17.1 Å². The van der Waals surface area contributed by atoms with E-state index in [-0.39, 0.29) is 11.9 Å². The second-order valence-electron chi connectivity index (χ2n) is 7.64. The number of carbonyl (C=O) groups is 1. The highest BCUT2D eigenvalue weighted by atomic mass is 32.2. The van der Waals surface area contributed by atoms with Gasteiger partial charge in [0.2, 0.25) is 5.91 Å². The Hall–Kier alpha value is -3.84. The van der Waals surface area contributed by atoms with Crippen molar-refractivity contribution in [2.75, 3.05) is 0 Å². The maximum atomic E-state index is 13.1. The number of amides is 1. The van der Waals surface area contributed by atoms with Gasteiger partial charge in [0.05, 0.1) is 16.9 Å². The van der Waals surface area contributed by atoms with Crippen molar-refractivity contribution in [2.45, 2.75) is 23.4 Å². The SMILES string of the molecule is CC(Sc1nnc(-c2c[nH]c3ccccc23)o1)C(=O)NC(c1ccccc1)c1ccccc1. The molecular weight excluding hydrogens is 432 g/mol. The van der Waals surface area contributed by atoms with E-state index in [1.54, 1.807) is 0 Å². The normalized spacial score (nSPS) is 12.2. The molecule has 2 heterocycles. The van der Waals surface area contributed by atoms with Crippen molar-refractivity contribution in [2.24, 2.45) is 0 Å². The minimum Gasteiger partial charge on any atom is -0.411 e. The quantitative estimate of drug-likeness (QED) is 0.313. The summed E-state index contributed by atoms with van der Waals surface area (Å²) in [4.78, 5) is 16.3. The highest BCUT2D eigenvalue weighted by Gasteiger charge is 2.23. The van der Waals surface area contributed by atoms with Crippen LogP contribution in [-0.2, 0) is 4.79 Å². The molecule has 0 fully saturated rings. The summed E-state index contributed by atoms with van der Waals surface area (Å²) >= 11 is 1.25. The number of carbonyl (C=O) groups excluding carboxylic acids is 1. The average molecular weight is 455 g/mol. The van der Waals surface area contributed by atoms with E-state index < -0.39 is 5.25 Å². The molecule has 0 aliphatic heterocycles. The number of hydrogen-bond donors (Lipinski definition) is 2. The van der Waals surface area contributed by atoms with Gasteiger partial charge in [-0.15, -0.1) is 10.2 Å². The van der Waals surface area contributed by atoms with Crippen LogP contribution in [0.15, 0.2) is 101 Å². The summed E-state index contributed by atoms with van der Waals surface area (Å²) in [6.45, 7) is 1.84. The molecule has 0 saturated carbocycles. The number of benzene rings is 3. The Kier molecular flexibility index (Phi) is 5.95. The lowest BCUT2D eigenvalue weighted by Gasteiger charge is -2.21. The van der Waals surface area contributed by atoms with Crippen LogP contribution in [0.3, 0.4) is 0 Å². The van der Waals surface area contributed by atoms with Gasteiger partial charge < -0.3 is 14.7 Å². The molecule has 2 N–H and O–H groups in total. The van der Waals surface area contributed by atoms with E-state index in [4.69, 9.17) is 4.42 Å². The molecule has 33 heavy (non-hydrogen) atoms. The fourth-order valence-electron chi connectivity index (χ4n) is 3.73. The number of hydrogen-bond acceptors (Lipinski definition) is 5. The lowest BCUT2D eigenvalue weighted by atomic mass is 9.98. The highest BCUT2D eigenvalue weighted by molar-refractivity contribution is 8.00. The third-order valence-electron chi connectivity index (χ3n) is 5.43. The number of para-hydroxylation sites is 1. The molecule has 5 rings (SSSR count). The number of thioether (sulfide) groups is 1. The van der Waals surface area contributed by atoms with E-state index in [0.29, 0.717) is 11.1 Å². The molecule has 0 radical (unpaired) electrons. The Morgan fingerprint density at radius 1 is 0.909 bits per heavy atom. The van der Waals surface area contributed by atoms with Crippen LogP contribution in [0.2, 0.25) is 0 Å². The zero-order chi connectivity index (χ0) is 22.6. The van der Waals surface area contributed by atoms with Crippen LogP contribution in [0.1, 0.15) is 24.1 Å². The Morgan fingerprint density at radius 2 is 1.55 bits per heavy atom. The molecule has 0 saturated heterocycles. The summed E-state index contributed by atoms with van der Waals surface area (Å²) in [6, 6.07) is 27.6. The first kappa shape index (κ1) is 21.0. The Balaban J connectivity index is 1.31. The van der Waals surface area contributed by atoms with Gasteiger partial charge in [-0.25, -0.2) is 0 Å². The molecule has 2 aromatic heterocycles. The highest BCUT2D eigenvalue weighted by Crippen LogP contribution is 2.31. The van der Waals surface area contributed by atoms with Gasteiger partial charge in [-0.05, 0) is 24.1 Å². The first-order valence-corrected chi connectivity index (χ1v) is 11.5. The van der Waals surface area contributed by atoms with Gasteiger partial charge >= 0.3 is 0 Å². The molecule has 1 unspecified atom stereocenters. The number of fused-ring (bicyclic) bond motifs is 1. The standard InChI is InChI=1S/C26H22N4O2S/c1-17(24(31)28-23(18-10-4-2-5-11-18)19-12-6-3-7-13-19)33-26-30-29-25(32-26)21-16-27-22-15-9-8-14-20(21)22/h2-17,23,27H,1H3,(H,28,31). The number of H-pyrrole nitrogens is 1. The Morgan fingerprint density at radius 3 is 2.24 bits per heavy atom. The number of aromatic amines is 1. The van der Waals surface area contributed by atoms with Crippen molar-refractivity contribution >= 4 is 28.6 Å². The molecule has 0 bridgehead atoms. The largest absolute Gasteiger partial charge is 0.411 e. The molecular formula is C26H22N4O2S. The lowest BCUT2D eigenvalue weighted by Crippen LogP contribution is -2.34. The number of rotatable bonds is 7. The van der Waals surface area contributed by atoms with E-state index in [2.05, 4.69) is 20.5 Å². The molecule has 1 amide bonds. The molecule has 0 aliphatic carbocycles. The molecule has 0 spiro atoms. The Labute approximate surface area is 195 Å². The van der Waals surface area contributed by atoms with E-state index in [9.17, 15) is 4.79 Å². The molecule has 0 aliphatic rings. The monoisotopic (exact) mass is 454 g/mol. The van der Waals surface area contributed by atoms with Gasteiger partial charge in [-0.2, -0.15) is 0 Å². The second-order valence-corrected chi connectivity index (χ2v) is 8.94. The lowest BCUT2D eigenvalue weighted by molar-refractivity contribution is -0.120. The smallest absolute Gasteiger partial charge is 0.277 e. The fourth-order valence-corrected chi connectivity index (χ4v) is 4.42. The zero-order valence-corrected chi connectivity index (χ0v) is 18.8. The summed E-state index contributed by atoms with van der Waals surface area (Å²) in [6.07, 6.45) is 1.85.